The second-order valence-corrected chi connectivity index (χ2v) is 4.61. The maximum atomic E-state index is 11.8. The summed E-state index contributed by atoms with van der Waals surface area (Å²) in [6, 6.07) is 7.60. The first-order valence-corrected chi connectivity index (χ1v) is 6.84. The summed E-state index contributed by atoms with van der Waals surface area (Å²) in [6.07, 6.45) is 7.01. The Morgan fingerprint density at radius 3 is 2.61 bits per heavy atom. The molecule has 0 amide bonds. The van der Waals surface area contributed by atoms with Crippen molar-refractivity contribution in [3.05, 3.63) is 29.8 Å². The zero-order chi connectivity index (χ0) is 13.2. The average Bonchev–Trinajstić information content (AvgIpc) is 2.38. The molecule has 18 heavy (non-hydrogen) atoms. The first-order chi connectivity index (χ1) is 8.75. The van der Waals surface area contributed by atoms with Crippen LogP contribution < -0.4 is 5.46 Å². The van der Waals surface area contributed by atoms with E-state index in [1.165, 1.54) is 25.7 Å². The van der Waals surface area contributed by atoms with Gasteiger partial charge in [-0.3, -0.25) is 4.79 Å². The molecule has 0 aliphatic carbocycles. The highest BCUT2D eigenvalue weighted by Gasteiger charge is 2.03. The van der Waals surface area contributed by atoms with E-state index in [0.29, 0.717) is 0 Å². The van der Waals surface area contributed by atoms with Crippen LogP contribution in [-0.4, -0.2) is 13.6 Å². The van der Waals surface area contributed by atoms with Gasteiger partial charge in [0.1, 0.15) is 7.85 Å². The molecular formula is C16H21BO. The molecule has 0 atom stereocenters. The second-order valence-electron chi connectivity index (χ2n) is 4.61. The molecule has 0 spiro atoms. The van der Waals surface area contributed by atoms with Crippen LogP contribution in [0.5, 0.6) is 0 Å². The Morgan fingerprint density at radius 2 is 1.89 bits per heavy atom. The summed E-state index contributed by atoms with van der Waals surface area (Å²) in [7, 11) is 1.94. The highest BCUT2D eigenvalue weighted by atomic mass is 16.1. The van der Waals surface area contributed by atoms with Gasteiger partial charge in [-0.1, -0.05) is 68.3 Å². The van der Waals surface area contributed by atoms with Crippen molar-refractivity contribution in [2.24, 2.45) is 0 Å². The standard InChI is InChI=1S/C16H21BO/c1-2-3-4-5-6-7-8-13-16(18)14-11-9-10-12-15(14)17/h9-12H,2-7,17H2,1H3. The van der Waals surface area contributed by atoms with Crippen LogP contribution in [0.15, 0.2) is 24.3 Å². The molecule has 0 fully saturated rings. The molecule has 1 nitrogen and oxygen atoms in total. The molecule has 94 valence electrons. The van der Waals surface area contributed by atoms with Crippen LogP contribution in [0.2, 0.25) is 0 Å². The molecule has 0 unspecified atom stereocenters. The number of unbranched alkanes of at least 4 members (excludes halogenated alkanes) is 5. The SMILES string of the molecule is Bc1ccccc1C(=O)C#CCCCCCCC. The van der Waals surface area contributed by atoms with Crippen molar-refractivity contribution < 1.29 is 4.79 Å². The van der Waals surface area contributed by atoms with Gasteiger partial charge >= 0.3 is 0 Å². The van der Waals surface area contributed by atoms with Crippen LogP contribution in [0.1, 0.15) is 55.8 Å². The lowest BCUT2D eigenvalue weighted by atomic mass is 9.89. The van der Waals surface area contributed by atoms with Gasteiger partial charge in [-0.25, -0.2) is 0 Å². The third-order valence-electron chi connectivity index (χ3n) is 3.00. The lowest BCUT2D eigenvalue weighted by Gasteiger charge is -1.98. The quantitative estimate of drug-likeness (QED) is 0.245. The summed E-state index contributed by atoms with van der Waals surface area (Å²) in [5.74, 6) is 5.68. The lowest BCUT2D eigenvalue weighted by molar-refractivity contribution is 0.105. The zero-order valence-corrected chi connectivity index (χ0v) is 11.5. The molecule has 0 aliphatic rings. The van der Waals surface area contributed by atoms with Gasteiger partial charge in [-0.2, -0.15) is 0 Å². The van der Waals surface area contributed by atoms with Gasteiger partial charge in [-0.05, 0) is 12.3 Å². The van der Waals surface area contributed by atoms with Crippen molar-refractivity contribution in [1.82, 2.24) is 0 Å². The Hall–Kier alpha value is -1.49. The van der Waals surface area contributed by atoms with E-state index in [-0.39, 0.29) is 5.78 Å². The number of benzene rings is 1. The molecule has 0 aromatic heterocycles. The van der Waals surface area contributed by atoms with Gasteiger partial charge in [0.05, 0.1) is 0 Å². The van der Waals surface area contributed by atoms with Crippen LogP contribution in [0.3, 0.4) is 0 Å². The van der Waals surface area contributed by atoms with E-state index >= 15 is 0 Å². The number of rotatable bonds is 6. The molecule has 1 rings (SSSR count). The third kappa shape index (κ3) is 5.23. The topological polar surface area (TPSA) is 17.1 Å². The van der Waals surface area contributed by atoms with Crippen molar-refractivity contribution in [3.63, 3.8) is 0 Å². The average molecular weight is 240 g/mol. The van der Waals surface area contributed by atoms with Gasteiger partial charge in [0.2, 0.25) is 5.78 Å². The molecule has 0 radical (unpaired) electrons. The lowest BCUT2D eigenvalue weighted by Crippen LogP contribution is -2.13. The Morgan fingerprint density at radius 1 is 1.17 bits per heavy atom. The van der Waals surface area contributed by atoms with Crippen LogP contribution in [0.25, 0.3) is 0 Å². The third-order valence-corrected chi connectivity index (χ3v) is 3.00. The highest BCUT2D eigenvalue weighted by molar-refractivity contribution is 6.37. The highest BCUT2D eigenvalue weighted by Crippen LogP contribution is 2.04. The largest absolute Gasteiger partial charge is 0.279 e. The molecule has 0 aliphatic heterocycles. The van der Waals surface area contributed by atoms with E-state index in [1.54, 1.807) is 0 Å². The van der Waals surface area contributed by atoms with Crippen LogP contribution in [0, 0.1) is 11.8 Å². The Kier molecular flexibility index (Phi) is 6.95. The minimum absolute atomic E-state index is 0.0540. The van der Waals surface area contributed by atoms with E-state index in [4.69, 9.17) is 0 Å². The number of carbonyl (C=O) groups is 1. The number of ketones is 1. The van der Waals surface area contributed by atoms with Crippen LogP contribution in [-0.2, 0) is 0 Å². The smallest absolute Gasteiger partial charge is 0.235 e. The van der Waals surface area contributed by atoms with Crippen molar-refractivity contribution in [3.8, 4) is 11.8 Å². The number of Topliss-reactive ketones (excluding diaryl/α,β-unsaturated/α-hetero) is 1. The molecule has 1 aromatic rings. The summed E-state index contributed by atoms with van der Waals surface area (Å²) >= 11 is 0. The fourth-order valence-corrected chi connectivity index (χ4v) is 1.85. The van der Waals surface area contributed by atoms with Gasteiger partial charge in [0, 0.05) is 12.0 Å². The molecule has 1 aromatic carbocycles. The van der Waals surface area contributed by atoms with E-state index in [2.05, 4.69) is 18.8 Å². The zero-order valence-electron chi connectivity index (χ0n) is 11.5. The first-order valence-electron chi connectivity index (χ1n) is 6.84. The van der Waals surface area contributed by atoms with Crippen molar-refractivity contribution in [2.45, 2.75) is 45.4 Å². The number of hydrogen-bond donors (Lipinski definition) is 0. The second kappa shape index (κ2) is 8.58. The molecular weight excluding hydrogens is 219 g/mol. The summed E-state index contributed by atoms with van der Waals surface area (Å²) in [4.78, 5) is 11.8. The molecule has 0 heterocycles. The van der Waals surface area contributed by atoms with Gasteiger partial charge in [0.25, 0.3) is 0 Å². The maximum Gasteiger partial charge on any atom is 0.235 e. The minimum atomic E-state index is -0.0540. The molecule has 0 saturated carbocycles. The summed E-state index contributed by atoms with van der Waals surface area (Å²) in [6.45, 7) is 2.21. The first kappa shape index (κ1) is 14.6. The Balaban J connectivity index is 2.35. The van der Waals surface area contributed by atoms with Crippen molar-refractivity contribution in [2.75, 3.05) is 0 Å². The summed E-state index contributed by atoms with van der Waals surface area (Å²) in [5, 5.41) is 0. The fraction of sp³-hybridized carbons (Fsp3) is 0.438. The number of carbonyl (C=O) groups excluding carboxylic acids is 1. The van der Waals surface area contributed by atoms with Crippen LogP contribution >= 0.6 is 0 Å². The predicted octanol–water partition coefficient (Wildman–Crippen LogP) is 2.49. The van der Waals surface area contributed by atoms with Gasteiger partial charge < -0.3 is 0 Å². The molecule has 2 heteroatoms. The fourth-order valence-electron chi connectivity index (χ4n) is 1.85. The molecule has 0 N–H and O–H groups in total. The van der Waals surface area contributed by atoms with Crippen molar-refractivity contribution >= 4 is 19.1 Å². The molecule has 0 saturated heterocycles. The minimum Gasteiger partial charge on any atom is -0.279 e. The van der Waals surface area contributed by atoms with Gasteiger partial charge in [0.15, 0.2) is 0 Å². The van der Waals surface area contributed by atoms with E-state index < -0.39 is 0 Å². The van der Waals surface area contributed by atoms with Crippen molar-refractivity contribution in [1.29, 1.82) is 0 Å². The van der Waals surface area contributed by atoms with Gasteiger partial charge in [-0.15, -0.1) is 0 Å². The summed E-state index contributed by atoms with van der Waals surface area (Å²) in [5.41, 5.74) is 1.73. The maximum absolute atomic E-state index is 11.8. The van der Waals surface area contributed by atoms with E-state index in [9.17, 15) is 4.79 Å². The van der Waals surface area contributed by atoms with E-state index in [1.807, 2.05) is 32.1 Å². The monoisotopic (exact) mass is 240 g/mol. The number of hydrogen-bond acceptors (Lipinski definition) is 1. The Bertz CT molecular complexity index is 440. The molecule has 0 bridgehead atoms. The predicted molar refractivity (Wildman–Crippen MR) is 80.1 cm³/mol. The van der Waals surface area contributed by atoms with Crippen LogP contribution in [0.4, 0.5) is 0 Å². The summed E-state index contributed by atoms with van der Waals surface area (Å²) < 4.78 is 0. The Labute approximate surface area is 111 Å². The van der Waals surface area contributed by atoms with E-state index in [0.717, 1.165) is 23.9 Å². The normalized spacial score (nSPS) is 9.61.